The molecule has 7 nitrogen and oxygen atoms in total. The van der Waals surface area contributed by atoms with E-state index in [-0.39, 0.29) is 11.9 Å². The van der Waals surface area contributed by atoms with E-state index in [1.807, 2.05) is 19.9 Å². The molecule has 0 spiro atoms. The summed E-state index contributed by atoms with van der Waals surface area (Å²) in [6, 6.07) is 8.36. The van der Waals surface area contributed by atoms with Gasteiger partial charge in [-0.05, 0) is 37.8 Å². The number of esters is 1. The number of rotatable bonds is 10. The molecule has 1 N–H and O–H groups in total. The first-order chi connectivity index (χ1) is 14.2. The number of carbonyl (C=O) groups excluding carboxylic acids is 1. The number of hydrogen-bond acceptors (Lipinski definition) is 5. The van der Waals surface area contributed by atoms with Crippen LogP contribution in [0.5, 0.6) is 0 Å². The molecule has 0 unspecified atom stereocenters. The lowest BCUT2D eigenvalue weighted by atomic mass is 9.97. The van der Waals surface area contributed by atoms with Crippen molar-refractivity contribution in [1.82, 2.24) is 10.2 Å². The molecule has 0 atom stereocenters. The first-order valence-corrected chi connectivity index (χ1v) is 10.5. The van der Waals surface area contributed by atoms with Gasteiger partial charge in [-0.15, -0.1) is 0 Å². The van der Waals surface area contributed by atoms with E-state index < -0.39 is 0 Å². The summed E-state index contributed by atoms with van der Waals surface area (Å²) >= 11 is 0. The van der Waals surface area contributed by atoms with Crippen molar-refractivity contribution in [2.24, 2.45) is 10.9 Å². The normalized spacial score (nSPS) is 15.4. The lowest BCUT2D eigenvalue weighted by Gasteiger charge is -2.33. The van der Waals surface area contributed by atoms with Crippen molar-refractivity contribution >= 4 is 11.9 Å². The zero-order chi connectivity index (χ0) is 20.9. The molecule has 7 heteroatoms. The maximum absolute atomic E-state index is 11.9. The maximum Gasteiger partial charge on any atom is 0.309 e. The molecular formula is C22H35N3O4. The number of benzene rings is 1. The fraction of sp³-hybridized carbons (Fsp3) is 0.636. The number of nitrogens with one attached hydrogen (secondary N) is 1. The summed E-state index contributed by atoms with van der Waals surface area (Å²) in [4.78, 5) is 18.5. The minimum absolute atomic E-state index is 0.00344. The van der Waals surface area contributed by atoms with Crippen LogP contribution in [0.4, 0.5) is 0 Å². The standard InChI is InChI=1S/C22H35N3O4/c1-4-27-13-14-28-17-19-8-6-7-18(15-19)16-24-22(23-3)25-11-9-20(10-12-25)21(26)29-5-2/h6-8,15,20H,4-5,9-14,16-17H2,1-3H3,(H,23,24). The van der Waals surface area contributed by atoms with Gasteiger partial charge in [-0.3, -0.25) is 9.79 Å². The SMILES string of the molecule is CCOCCOCc1cccc(CNC(=NC)N2CCC(C(=O)OCC)CC2)c1. The number of aliphatic imine (C=N–C) groups is 1. The summed E-state index contributed by atoms with van der Waals surface area (Å²) in [5.41, 5.74) is 2.32. The highest BCUT2D eigenvalue weighted by atomic mass is 16.5. The van der Waals surface area contributed by atoms with E-state index >= 15 is 0 Å². The zero-order valence-electron chi connectivity index (χ0n) is 18.0. The van der Waals surface area contributed by atoms with E-state index in [1.165, 1.54) is 5.56 Å². The van der Waals surface area contributed by atoms with Crippen molar-refractivity contribution in [3.05, 3.63) is 35.4 Å². The summed E-state index contributed by atoms with van der Waals surface area (Å²) in [6.07, 6.45) is 1.60. The summed E-state index contributed by atoms with van der Waals surface area (Å²) < 4.78 is 16.1. The third-order valence-corrected chi connectivity index (χ3v) is 4.91. The van der Waals surface area contributed by atoms with Crippen molar-refractivity contribution in [2.75, 3.05) is 46.6 Å². The fourth-order valence-electron chi connectivity index (χ4n) is 3.38. The number of hydrogen-bond donors (Lipinski definition) is 1. The molecule has 0 aromatic heterocycles. The minimum Gasteiger partial charge on any atom is -0.466 e. The largest absolute Gasteiger partial charge is 0.466 e. The molecule has 0 radical (unpaired) electrons. The molecule has 1 aliphatic heterocycles. The van der Waals surface area contributed by atoms with Gasteiger partial charge in [0.05, 0.1) is 32.3 Å². The highest BCUT2D eigenvalue weighted by molar-refractivity contribution is 5.80. The van der Waals surface area contributed by atoms with Crippen LogP contribution in [0.15, 0.2) is 29.3 Å². The number of nitrogens with zero attached hydrogens (tertiary/aromatic N) is 2. The quantitative estimate of drug-likeness (QED) is 0.279. The van der Waals surface area contributed by atoms with Gasteiger partial charge in [-0.2, -0.15) is 0 Å². The van der Waals surface area contributed by atoms with Crippen molar-refractivity contribution < 1.29 is 19.0 Å². The van der Waals surface area contributed by atoms with Gasteiger partial charge >= 0.3 is 5.97 Å². The number of likely N-dealkylation sites (tertiary alicyclic amines) is 1. The van der Waals surface area contributed by atoms with Crippen LogP contribution in [0, 0.1) is 5.92 Å². The summed E-state index contributed by atoms with van der Waals surface area (Å²) in [6.45, 7) is 9.09. The Labute approximate surface area is 174 Å². The monoisotopic (exact) mass is 405 g/mol. The molecule has 1 aromatic rings. The Morgan fingerprint density at radius 1 is 1.14 bits per heavy atom. The van der Waals surface area contributed by atoms with Crippen molar-refractivity contribution in [3.8, 4) is 0 Å². The van der Waals surface area contributed by atoms with Gasteiger partial charge < -0.3 is 24.4 Å². The lowest BCUT2D eigenvalue weighted by Crippen LogP contribution is -2.46. The van der Waals surface area contributed by atoms with Gasteiger partial charge in [0.2, 0.25) is 0 Å². The highest BCUT2D eigenvalue weighted by Crippen LogP contribution is 2.19. The van der Waals surface area contributed by atoms with E-state index in [2.05, 4.69) is 33.4 Å². The predicted octanol–water partition coefficient (Wildman–Crippen LogP) is 2.59. The van der Waals surface area contributed by atoms with Gasteiger partial charge in [-0.1, -0.05) is 24.3 Å². The molecule has 0 saturated carbocycles. The first-order valence-electron chi connectivity index (χ1n) is 10.5. The first kappa shape index (κ1) is 23.2. The van der Waals surface area contributed by atoms with Gasteiger partial charge in [0.25, 0.3) is 0 Å². The van der Waals surface area contributed by atoms with Crippen molar-refractivity contribution in [1.29, 1.82) is 0 Å². The molecule has 29 heavy (non-hydrogen) atoms. The fourth-order valence-corrected chi connectivity index (χ4v) is 3.38. The topological polar surface area (TPSA) is 72.4 Å². The van der Waals surface area contributed by atoms with E-state index in [9.17, 15) is 4.79 Å². The Morgan fingerprint density at radius 2 is 1.86 bits per heavy atom. The van der Waals surface area contributed by atoms with E-state index in [4.69, 9.17) is 14.2 Å². The molecule has 1 aromatic carbocycles. The van der Waals surface area contributed by atoms with Crippen LogP contribution < -0.4 is 5.32 Å². The molecular weight excluding hydrogens is 370 g/mol. The average molecular weight is 406 g/mol. The number of piperidine rings is 1. The smallest absolute Gasteiger partial charge is 0.309 e. The average Bonchev–Trinajstić information content (AvgIpc) is 2.75. The van der Waals surface area contributed by atoms with Crippen LogP contribution in [0.2, 0.25) is 0 Å². The van der Waals surface area contributed by atoms with E-state index in [0.29, 0.717) is 39.6 Å². The number of guanidine groups is 1. The summed E-state index contributed by atoms with van der Waals surface area (Å²) in [5, 5.41) is 3.43. The molecule has 0 aliphatic carbocycles. The second kappa shape index (κ2) is 13.2. The van der Waals surface area contributed by atoms with E-state index in [1.54, 1.807) is 7.05 Å². The predicted molar refractivity (Wildman–Crippen MR) is 114 cm³/mol. The molecule has 162 valence electrons. The van der Waals surface area contributed by atoms with Crippen LogP contribution in [0.1, 0.15) is 37.8 Å². The Kier molecular flexibility index (Phi) is 10.5. The molecule has 1 fully saturated rings. The number of ether oxygens (including phenoxy) is 3. The minimum atomic E-state index is -0.0737. The van der Waals surface area contributed by atoms with Crippen molar-refractivity contribution in [3.63, 3.8) is 0 Å². The second-order valence-electron chi connectivity index (χ2n) is 6.98. The molecule has 1 aliphatic rings. The van der Waals surface area contributed by atoms with Crippen LogP contribution in [-0.2, 0) is 32.2 Å². The van der Waals surface area contributed by atoms with Crippen LogP contribution in [0.25, 0.3) is 0 Å². The Hall–Kier alpha value is -2.12. The van der Waals surface area contributed by atoms with Gasteiger partial charge in [0.15, 0.2) is 5.96 Å². The second-order valence-corrected chi connectivity index (χ2v) is 6.98. The van der Waals surface area contributed by atoms with Gasteiger partial charge in [0.1, 0.15) is 0 Å². The Balaban J connectivity index is 1.78. The molecule has 0 bridgehead atoms. The Morgan fingerprint density at radius 3 is 2.55 bits per heavy atom. The maximum atomic E-state index is 11.9. The van der Waals surface area contributed by atoms with E-state index in [0.717, 1.165) is 37.5 Å². The zero-order valence-corrected chi connectivity index (χ0v) is 18.0. The summed E-state index contributed by atoms with van der Waals surface area (Å²) in [5.74, 6) is 0.796. The molecule has 0 amide bonds. The van der Waals surface area contributed by atoms with Gasteiger partial charge in [0, 0.05) is 33.3 Å². The molecule has 1 heterocycles. The lowest BCUT2D eigenvalue weighted by molar-refractivity contribution is -0.149. The van der Waals surface area contributed by atoms with Gasteiger partial charge in [-0.25, -0.2) is 0 Å². The third kappa shape index (κ3) is 8.03. The Bertz CT molecular complexity index is 643. The third-order valence-electron chi connectivity index (χ3n) is 4.91. The number of carbonyl (C=O) groups is 1. The van der Waals surface area contributed by atoms with Crippen LogP contribution in [0.3, 0.4) is 0 Å². The van der Waals surface area contributed by atoms with Crippen molar-refractivity contribution in [2.45, 2.75) is 39.8 Å². The van der Waals surface area contributed by atoms with Crippen LogP contribution in [-0.4, -0.2) is 63.4 Å². The molecule has 2 rings (SSSR count). The van der Waals surface area contributed by atoms with Crippen LogP contribution >= 0.6 is 0 Å². The molecule has 1 saturated heterocycles. The summed E-state index contributed by atoms with van der Waals surface area (Å²) in [7, 11) is 1.79. The highest BCUT2D eigenvalue weighted by Gasteiger charge is 2.27.